The van der Waals surface area contributed by atoms with Crippen LogP contribution in [0, 0.1) is 0 Å². The number of benzene rings is 1. The molecule has 3 N–H and O–H groups in total. The van der Waals surface area contributed by atoms with E-state index in [9.17, 15) is 4.79 Å². The predicted molar refractivity (Wildman–Crippen MR) is 73.4 cm³/mol. The largest absolute Gasteiger partial charge is 0.379 e. The zero-order chi connectivity index (χ0) is 13.0. The standard InChI is InChI=1S/C13H18N2O2S/c1-15-13(12(14)16,9-18-11-7-17-8-11)10-5-3-2-4-6-10/h2-6,11,15H,7-9H2,1H3,(H2,14,16). The molecule has 0 spiro atoms. The van der Waals surface area contributed by atoms with Gasteiger partial charge in [0.2, 0.25) is 5.91 Å². The number of carbonyl (C=O) groups excluding carboxylic acids is 1. The van der Waals surface area contributed by atoms with E-state index >= 15 is 0 Å². The summed E-state index contributed by atoms with van der Waals surface area (Å²) in [6.07, 6.45) is 0. The van der Waals surface area contributed by atoms with E-state index in [1.807, 2.05) is 30.3 Å². The van der Waals surface area contributed by atoms with E-state index < -0.39 is 5.54 Å². The molecule has 98 valence electrons. The van der Waals surface area contributed by atoms with Gasteiger partial charge >= 0.3 is 0 Å². The van der Waals surface area contributed by atoms with Crippen LogP contribution in [0.15, 0.2) is 30.3 Å². The van der Waals surface area contributed by atoms with Gasteiger partial charge in [-0.2, -0.15) is 11.8 Å². The minimum atomic E-state index is -0.804. The molecule has 1 atom stereocenters. The second-order valence-electron chi connectivity index (χ2n) is 4.36. The first kappa shape index (κ1) is 13.4. The normalized spacial score (nSPS) is 18.9. The Kier molecular flexibility index (Phi) is 4.27. The van der Waals surface area contributed by atoms with E-state index in [2.05, 4.69) is 5.32 Å². The van der Waals surface area contributed by atoms with E-state index in [4.69, 9.17) is 10.5 Å². The molecule has 0 radical (unpaired) electrons. The summed E-state index contributed by atoms with van der Waals surface area (Å²) in [5, 5.41) is 3.57. The molecule has 1 amide bonds. The number of amides is 1. The molecule has 18 heavy (non-hydrogen) atoms. The van der Waals surface area contributed by atoms with Crippen molar-refractivity contribution in [3.05, 3.63) is 35.9 Å². The van der Waals surface area contributed by atoms with Gasteiger partial charge < -0.3 is 15.8 Å². The molecule has 1 fully saturated rings. The lowest BCUT2D eigenvalue weighted by molar-refractivity contribution is -0.123. The maximum absolute atomic E-state index is 11.9. The summed E-state index contributed by atoms with van der Waals surface area (Å²) in [5.41, 5.74) is 5.72. The minimum absolute atomic E-state index is 0.344. The number of ether oxygens (including phenoxy) is 1. The molecule has 0 aliphatic carbocycles. The highest BCUT2D eigenvalue weighted by molar-refractivity contribution is 8.00. The molecular formula is C13H18N2O2S. The fourth-order valence-electron chi connectivity index (χ4n) is 1.91. The molecule has 4 nitrogen and oxygen atoms in total. The van der Waals surface area contributed by atoms with Crippen LogP contribution in [0.25, 0.3) is 0 Å². The van der Waals surface area contributed by atoms with E-state index in [0.717, 1.165) is 18.8 Å². The summed E-state index contributed by atoms with van der Waals surface area (Å²) in [6, 6.07) is 9.62. The lowest BCUT2D eigenvalue weighted by Gasteiger charge is -2.34. The first-order valence-electron chi connectivity index (χ1n) is 5.93. The fourth-order valence-corrected chi connectivity index (χ4v) is 3.24. The average Bonchev–Trinajstić information content (AvgIpc) is 2.33. The number of hydrogen-bond donors (Lipinski definition) is 2. The quantitative estimate of drug-likeness (QED) is 0.796. The predicted octanol–water partition coefficient (Wildman–Crippen LogP) is 0.719. The molecule has 1 aromatic carbocycles. The third kappa shape index (κ3) is 2.53. The van der Waals surface area contributed by atoms with Gasteiger partial charge in [-0.3, -0.25) is 4.79 Å². The molecule has 2 rings (SSSR count). The van der Waals surface area contributed by atoms with Gasteiger partial charge in [-0.05, 0) is 12.6 Å². The molecule has 1 heterocycles. The Morgan fingerprint density at radius 2 is 2.17 bits per heavy atom. The Morgan fingerprint density at radius 3 is 2.61 bits per heavy atom. The van der Waals surface area contributed by atoms with Gasteiger partial charge in [-0.15, -0.1) is 0 Å². The molecular weight excluding hydrogens is 248 g/mol. The van der Waals surface area contributed by atoms with Gasteiger partial charge in [-0.1, -0.05) is 30.3 Å². The van der Waals surface area contributed by atoms with Crippen molar-refractivity contribution in [3.8, 4) is 0 Å². The summed E-state index contributed by atoms with van der Waals surface area (Å²) < 4.78 is 5.14. The number of nitrogens with two attached hydrogens (primary N) is 1. The first-order valence-corrected chi connectivity index (χ1v) is 6.97. The van der Waals surface area contributed by atoms with Crippen LogP contribution in [-0.4, -0.2) is 37.2 Å². The van der Waals surface area contributed by atoms with E-state index in [0.29, 0.717) is 11.0 Å². The maximum Gasteiger partial charge on any atom is 0.243 e. The monoisotopic (exact) mass is 266 g/mol. The summed E-state index contributed by atoms with van der Waals surface area (Å²) in [7, 11) is 1.77. The Labute approximate surface area is 111 Å². The second-order valence-corrected chi connectivity index (χ2v) is 5.64. The van der Waals surface area contributed by atoms with Crippen molar-refractivity contribution in [3.63, 3.8) is 0 Å². The number of carbonyl (C=O) groups is 1. The third-order valence-electron chi connectivity index (χ3n) is 3.26. The number of nitrogens with one attached hydrogen (secondary N) is 1. The summed E-state index contributed by atoms with van der Waals surface area (Å²) in [5.74, 6) is 0.278. The number of thioether (sulfide) groups is 1. The summed E-state index contributed by atoms with van der Waals surface area (Å²) in [6.45, 7) is 1.52. The smallest absolute Gasteiger partial charge is 0.243 e. The maximum atomic E-state index is 11.9. The van der Waals surface area contributed by atoms with Crippen molar-refractivity contribution in [1.29, 1.82) is 0 Å². The van der Waals surface area contributed by atoms with Gasteiger partial charge in [0, 0.05) is 5.75 Å². The number of primary amides is 1. The van der Waals surface area contributed by atoms with Gasteiger partial charge in [0.25, 0.3) is 0 Å². The summed E-state index contributed by atoms with van der Waals surface area (Å²) >= 11 is 1.73. The van der Waals surface area contributed by atoms with E-state index in [1.165, 1.54) is 0 Å². The Hall–Kier alpha value is -1.04. The van der Waals surface area contributed by atoms with Gasteiger partial charge in [0.05, 0.1) is 18.5 Å². The molecule has 0 aromatic heterocycles. The molecule has 1 aliphatic heterocycles. The molecule has 1 unspecified atom stereocenters. The van der Waals surface area contributed by atoms with Crippen molar-refractivity contribution in [2.45, 2.75) is 10.8 Å². The van der Waals surface area contributed by atoms with Gasteiger partial charge in [0.15, 0.2) is 0 Å². The van der Waals surface area contributed by atoms with E-state index in [1.54, 1.807) is 18.8 Å². The van der Waals surface area contributed by atoms with Gasteiger partial charge in [0.1, 0.15) is 5.54 Å². The minimum Gasteiger partial charge on any atom is -0.379 e. The molecule has 1 aromatic rings. The highest BCUT2D eigenvalue weighted by Gasteiger charge is 2.38. The second kappa shape index (κ2) is 5.73. The Balaban J connectivity index is 2.18. The van der Waals surface area contributed by atoms with Crippen LogP contribution in [0.1, 0.15) is 5.56 Å². The molecule has 0 saturated carbocycles. The first-order chi connectivity index (χ1) is 8.69. The van der Waals surface area contributed by atoms with Crippen LogP contribution < -0.4 is 11.1 Å². The molecule has 1 aliphatic rings. The van der Waals surface area contributed by atoms with E-state index in [-0.39, 0.29) is 5.91 Å². The number of rotatable bonds is 6. The zero-order valence-corrected chi connectivity index (χ0v) is 11.2. The third-order valence-corrected chi connectivity index (χ3v) is 4.60. The lowest BCUT2D eigenvalue weighted by atomic mass is 9.91. The zero-order valence-electron chi connectivity index (χ0n) is 10.4. The highest BCUT2D eigenvalue weighted by Crippen LogP contribution is 2.29. The molecule has 5 heteroatoms. The summed E-state index contributed by atoms with van der Waals surface area (Å²) in [4.78, 5) is 11.9. The van der Waals surface area contributed by atoms with Crippen LogP contribution in [0.2, 0.25) is 0 Å². The molecule has 0 bridgehead atoms. The van der Waals surface area contributed by atoms with Crippen LogP contribution >= 0.6 is 11.8 Å². The average molecular weight is 266 g/mol. The molecule has 1 saturated heterocycles. The van der Waals surface area contributed by atoms with Crippen LogP contribution in [0.3, 0.4) is 0 Å². The number of hydrogen-bond acceptors (Lipinski definition) is 4. The Morgan fingerprint density at radius 1 is 1.50 bits per heavy atom. The van der Waals surface area contributed by atoms with Crippen molar-refractivity contribution in [1.82, 2.24) is 5.32 Å². The van der Waals surface area contributed by atoms with Crippen LogP contribution in [0.5, 0.6) is 0 Å². The van der Waals surface area contributed by atoms with Crippen molar-refractivity contribution in [2.75, 3.05) is 26.0 Å². The fraction of sp³-hybridized carbons (Fsp3) is 0.462. The van der Waals surface area contributed by atoms with Gasteiger partial charge in [-0.25, -0.2) is 0 Å². The lowest BCUT2D eigenvalue weighted by Crippen LogP contribution is -2.54. The Bertz CT molecular complexity index is 409. The van der Waals surface area contributed by atoms with Crippen molar-refractivity contribution < 1.29 is 9.53 Å². The number of likely N-dealkylation sites (N-methyl/N-ethyl adjacent to an activating group) is 1. The van der Waals surface area contributed by atoms with Crippen molar-refractivity contribution in [2.24, 2.45) is 5.73 Å². The van der Waals surface area contributed by atoms with Crippen LogP contribution in [0.4, 0.5) is 0 Å². The van der Waals surface area contributed by atoms with Crippen molar-refractivity contribution >= 4 is 17.7 Å². The topological polar surface area (TPSA) is 64.3 Å². The van der Waals surface area contributed by atoms with Crippen LogP contribution in [-0.2, 0) is 15.1 Å². The highest BCUT2D eigenvalue weighted by atomic mass is 32.2. The SMILES string of the molecule is CNC(CSC1COC1)(C(N)=O)c1ccccc1.